The van der Waals surface area contributed by atoms with Gasteiger partial charge in [-0.2, -0.15) is 0 Å². The Balaban J connectivity index is 2.22. The molecule has 1 aromatic rings. The maximum atomic E-state index is 11.0. The van der Waals surface area contributed by atoms with E-state index < -0.39 is 11.5 Å². The van der Waals surface area contributed by atoms with E-state index in [9.17, 15) is 4.79 Å². The van der Waals surface area contributed by atoms with Crippen molar-refractivity contribution in [3.8, 4) is 0 Å². The molecule has 0 aromatic heterocycles. The Kier molecular flexibility index (Phi) is 2.04. The average molecular weight is 191 g/mol. The van der Waals surface area contributed by atoms with Crippen molar-refractivity contribution < 1.29 is 9.90 Å². The summed E-state index contributed by atoms with van der Waals surface area (Å²) in [5, 5.41) is 12.0. The van der Waals surface area contributed by atoms with Crippen LogP contribution in [0, 0.1) is 0 Å². The fourth-order valence-electron chi connectivity index (χ4n) is 1.97. The van der Waals surface area contributed by atoms with Crippen molar-refractivity contribution in [2.75, 3.05) is 7.05 Å². The SMILES string of the molecule is CNC1(C(=O)O)CC1c1ccccc1. The first-order valence-corrected chi connectivity index (χ1v) is 4.68. The zero-order valence-corrected chi connectivity index (χ0v) is 8.03. The summed E-state index contributed by atoms with van der Waals surface area (Å²) in [4.78, 5) is 11.0. The second-order valence-electron chi connectivity index (χ2n) is 3.69. The molecule has 0 heterocycles. The molecule has 1 aliphatic rings. The van der Waals surface area contributed by atoms with Gasteiger partial charge in [0.15, 0.2) is 0 Å². The van der Waals surface area contributed by atoms with Crippen LogP contribution in [0.2, 0.25) is 0 Å². The van der Waals surface area contributed by atoms with Gasteiger partial charge in [0.2, 0.25) is 0 Å². The number of hydrogen-bond donors (Lipinski definition) is 2. The number of nitrogens with one attached hydrogen (secondary N) is 1. The van der Waals surface area contributed by atoms with Gasteiger partial charge in [-0.25, -0.2) is 0 Å². The van der Waals surface area contributed by atoms with Crippen LogP contribution in [0.1, 0.15) is 17.9 Å². The van der Waals surface area contributed by atoms with Crippen molar-refractivity contribution in [1.82, 2.24) is 5.32 Å². The van der Waals surface area contributed by atoms with E-state index in [2.05, 4.69) is 5.32 Å². The van der Waals surface area contributed by atoms with E-state index in [0.717, 1.165) is 5.56 Å². The normalized spacial score (nSPS) is 29.9. The smallest absolute Gasteiger partial charge is 0.324 e. The highest BCUT2D eigenvalue weighted by atomic mass is 16.4. The fraction of sp³-hybridized carbons (Fsp3) is 0.364. The second kappa shape index (κ2) is 3.10. The second-order valence-corrected chi connectivity index (χ2v) is 3.69. The predicted molar refractivity (Wildman–Crippen MR) is 53.2 cm³/mol. The largest absolute Gasteiger partial charge is 0.480 e. The first-order chi connectivity index (χ1) is 6.70. The number of hydrogen-bond acceptors (Lipinski definition) is 2. The van der Waals surface area contributed by atoms with Gasteiger partial charge in [-0.05, 0) is 19.0 Å². The van der Waals surface area contributed by atoms with E-state index >= 15 is 0 Å². The van der Waals surface area contributed by atoms with Crippen LogP contribution >= 0.6 is 0 Å². The quantitative estimate of drug-likeness (QED) is 0.755. The number of benzene rings is 1. The molecule has 2 rings (SSSR count). The van der Waals surface area contributed by atoms with E-state index in [0.29, 0.717) is 6.42 Å². The molecule has 0 amide bonds. The third-order valence-corrected chi connectivity index (χ3v) is 2.99. The Bertz CT molecular complexity index is 350. The first kappa shape index (κ1) is 9.21. The van der Waals surface area contributed by atoms with Gasteiger partial charge in [0.25, 0.3) is 0 Å². The lowest BCUT2D eigenvalue weighted by atomic mass is 10.1. The minimum Gasteiger partial charge on any atom is -0.480 e. The average Bonchev–Trinajstić information content (AvgIpc) is 2.95. The molecular formula is C11H13NO2. The van der Waals surface area contributed by atoms with E-state index in [1.807, 2.05) is 30.3 Å². The summed E-state index contributed by atoms with van der Waals surface area (Å²) in [5.74, 6) is -0.639. The van der Waals surface area contributed by atoms with Crippen molar-refractivity contribution in [3.05, 3.63) is 35.9 Å². The third kappa shape index (κ3) is 1.21. The minimum absolute atomic E-state index is 0.117. The highest BCUT2D eigenvalue weighted by Crippen LogP contribution is 2.51. The Morgan fingerprint density at radius 1 is 1.50 bits per heavy atom. The van der Waals surface area contributed by atoms with E-state index in [1.165, 1.54) is 0 Å². The Hall–Kier alpha value is -1.35. The maximum absolute atomic E-state index is 11.0. The number of aliphatic carboxylic acids is 1. The van der Waals surface area contributed by atoms with Gasteiger partial charge < -0.3 is 10.4 Å². The number of likely N-dealkylation sites (N-methyl/N-ethyl adjacent to an activating group) is 1. The molecular weight excluding hydrogens is 178 g/mol. The molecule has 0 bridgehead atoms. The van der Waals surface area contributed by atoms with Gasteiger partial charge >= 0.3 is 5.97 Å². The summed E-state index contributed by atoms with van der Waals surface area (Å²) >= 11 is 0. The van der Waals surface area contributed by atoms with Gasteiger partial charge in [0, 0.05) is 5.92 Å². The lowest BCUT2D eigenvalue weighted by Gasteiger charge is -2.10. The molecule has 2 unspecified atom stereocenters. The summed E-state index contributed by atoms with van der Waals surface area (Å²) in [6.07, 6.45) is 0.683. The Morgan fingerprint density at radius 2 is 2.14 bits per heavy atom. The topological polar surface area (TPSA) is 49.3 Å². The highest BCUT2D eigenvalue weighted by Gasteiger charge is 2.60. The summed E-state index contributed by atoms with van der Waals surface area (Å²) in [7, 11) is 1.71. The molecule has 1 fully saturated rings. The Labute approximate surface area is 82.8 Å². The number of carboxylic acid groups (broad SMARTS) is 1. The monoisotopic (exact) mass is 191 g/mol. The lowest BCUT2D eigenvalue weighted by Crippen LogP contribution is -2.38. The zero-order chi connectivity index (χ0) is 10.2. The highest BCUT2D eigenvalue weighted by molar-refractivity contribution is 5.85. The third-order valence-electron chi connectivity index (χ3n) is 2.99. The van der Waals surface area contributed by atoms with Crippen LogP contribution in [0.3, 0.4) is 0 Å². The number of carboxylic acids is 1. The molecule has 0 radical (unpaired) electrons. The molecule has 1 aliphatic carbocycles. The number of carbonyl (C=O) groups is 1. The predicted octanol–water partition coefficient (Wildman–Crippen LogP) is 1.22. The van der Waals surface area contributed by atoms with Gasteiger partial charge in [0.1, 0.15) is 5.54 Å². The molecule has 14 heavy (non-hydrogen) atoms. The van der Waals surface area contributed by atoms with Crippen molar-refractivity contribution in [2.45, 2.75) is 17.9 Å². The van der Waals surface area contributed by atoms with E-state index in [4.69, 9.17) is 5.11 Å². The van der Waals surface area contributed by atoms with Crippen LogP contribution in [0.15, 0.2) is 30.3 Å². The molecule has 3 heteroatoms. The van der Waals surface area contributed by atoms with Crippen molar-refractivity contribution in [1.29, 1.82) is 0 Å². The molecule has 0 aliphatic heterocycles. The lowest BCUT2D eigenvalue weighted by molar-refractivity contribution is -0.140. The summed E-state index contributed by atoms with van der Waals surface area (Å²) in [6, 6.07) is 9.78. The molecule has 74 valence electrons. The van der Waals surface area contributed by atoms with Gasteiger partial charge in [-0.3, -0.25) is 4.79 Å². The summed E-state index contributed by atoms with van der Waals surface area (Å²) < 4.78 is 0. The van der Waals surface area contributed by atoms with E-state index in [1.54, 1.807) is 7.05 Å². The first-order valence-electron chi connectivity index (χ1n) is 4.68. The van der Waals surface area contributed by atoms with Crippen LogP contribution in [0.25, 0.3) is 0 Å². The van der Waals surface area contributed by atoms with Crippen LogP contribution in [-0.2, 0) is 4.79 Å². The van der Waals surface area contributed by atoms with Crippen LogP contribution in [-0.4, -0.2) is 23.7 Å². The molecule has 3 nitrogen and oxygen atoms in total. The molecule has 2 atom stereocenters. The molecule has 2 N–H and O–H groups in total. The zero-order valence-electron chi connectivity index (χ0n) is 8.03. The molecule has 0 saturated heterocycles. The maximum Gasteiger partial charge on any atom is 0.324 e. The van der Waals surface area contributed by atoms with Gasteiger partial charge in [0.05, 0.1) is 0 Å². The summed E-state index contributed by atoms with van der Waals surface area (Å²) in [5.41, 5.74) is 0.380. The standard InChI is InChI=1S/C11H13NO2/c1-12-11(10(13)14)7-9(11)8-5-3-2-4-6-8/h2-6,9,12H,7H2,1H3,(H,13,14). The van der Waals surface area contributed by atoms with Crippen molar-refractivity contribution in [3.63, 3.8) is 0 Å². The van der Waals surface area contributed by atoms with E-state index in [-0.39, 0.29) is 5.92 Å². The summed E-state index contributed by atoms with van der Waals surface area (Å²) in [6.45, 7) is 0. The molecule has 1 saturated carbocycles. The minimum atomic E-state index is -0.756. The van der Waals surface area contributed by atoms with Crippen LogP contribution in [0.5, 0.6) is 0 Å². The van der Waals surface area contributed by atoms with Crippen molar-refractivity contribution in [2.24, 2.45) is 0 Å². The van der Waals surface area contributed by atoms with Gasteiger partial charge in [-0.15, -0.1) is 0 Å². The Morgan fingerprint density at radius 3 is 2.57 bits per heavy atom. The van der Waals surface area contributed by atoms with Gasteiger partial charge in [-0.1, -0.05) is 30.3 Å². The molecule has 0 spiro atoms. The van der Waals surface area contributed by atoms with Crippen LogP contribution < -0.4 is 5.32 Å². The fourth-order valence-corrected chi connectivity index (χ4v) is 1.97. The molecule has 1 aromatic carbocycles. The number of rotatable bonds is 3. The van der Waals surface area contributed by atoms with Crippen LogP contribution in [0.4, 0.5) is 0 Å². The van der Waals surface area contributed by atoms with Crippen molar-refractivity contribution >= 4 is 5.97 Å².